The predicted molar refractivity (Wildman–Crippen MR) is 89.2 cm³/mol. The molecule has 0 aliphatic carbocycles. The van der Waals surface area contributed by atoms with Gasteiger partial charge in [-0.05, 0) is 37.8 Å². The van der Waals surface area contributed by atoms with E-state index in [2.05, 4.69) is 24.1 Å². The van der Waals surface area contributed by atoms with Gasteiger partial charge in [0.25, 0.3) is 0 Å². The van der Waals surface area contributed by atoms with E-state index in [1.54, 1.807) is 6.92 Å². The Morgan fingerprint density at radius 2 is 2.05 bits per heavy atom. The van der Waals surface area contributed by atoms with E-state index in [1.807, 2.05) is 24.3 Å². The maximum absolute atomic E-state index is 12.4. The van der Waals surface area contributed by atoms with Gasteiger partial charge in [-0.1, -0.05) is 37.3 Å². The summed E-state index contributed by atoms with van der Waals surface area (Å²) < 4.78 is 1.05. The summed E-state index contributed by atoms with van der Waals surface area (Å²) in [6, 6.07) is 7.81. The molecule has 0 radical (unpaired) electrons. The number of hydrogen-bond donors (Lipinski definition) is 2. The van der Waals surface area contributed by atoms with Crippen molar-refractivity contribution in [3.63, 3.8) is 0 Å². The number of hydrogen-bond acceptors (Lipinski definition) is 4. The number of nitrogens with one attached hydrogen (secondary N) is 2. The number of aromatic nitrogens is 1. The molecule has 2 N–H and O–H groups in total. The molecule has 0 saturated carbocycles. The van der Waals surface area contributed by atoms with E-state index in [9.17, 15) is 4.79 Å². The molecule has 0 bridgehead atoms. The number of fused-ring (bicyclic) bond motifs is 1. The molecule has 0 aliphatic rings. The third-order valence-corrected chi connectivity index (χ3v) is 4.35. The summed E-state index contributed by atoms with van der Waals surface area (Å²) in [7, 11) is 0. The summed E-state index contributed by atoms with van der Waals surface area (Å²) in [6.07, 6.45) is 1.65. The van der Waals surface area contributed by atoms with Gasteiger partial charge in [0.15, 0.2) is 5.13 Å². The van der Waals surface area contributed by atoms with E-state index in [0.717, 1.165) is 16.6 Å². The van der Waals surface area contributed by atoms with Gasteiger partial charge in [0, 0.05) is 5.71 Å². The fourth-order valence-electron chi connectivity index (χ4n) is 2.16. The molecule has 1 amide bonds. The van der Waals surface area contributed by atoms with Crippen molar-refractivity contribution in [1.29, 1.82) is 5.41 Å². The Balaban J connectivity index is 2.08. The summed E-state index contributed by atoms with van der Waals surface area (Å²) in [5, 5.41) is 11.3. The number of thiazole rings is 1. The van der Waals surface area contributed by atoms with E-state index in [4.69, 9.17) is 5.41 Å². The van der Waals surface area contributed by atoms with Crippen LogP contribution < -0.4 is 5.32 Å². The Morgan fingerprint density at radius 1 is 1.33 bits per heavy atom. The van der Waals surface area contributed by atoms with Crippen LogP contribution in [-0.2, 0) is 4.79 Å². The number of nitrogens with zero attached hydrogens (tertiary/aromatic N) is 1. The molecule has 4 nitrogen and oxygen atoms in total. The quantitative estimate of drug-likeness (QED) is 0.780. The van der Waals surface area contributed by atoms with Crippen LogP contribution in [0.2, 0.25) is 0 Å². The second-order valence-corrected chi connectivity index (χ2v) is 6.71. The second-order valence-electron chi connectivity index (χ2n) is 5.68. The van der Waals surface area contributed by atoms with Gasteiger partial charge < -0.3 is 10.7 Å². The first-order valence-corrected chi connectivity index (χ1v) is 8.00. The standard InChI is InChI=1S/C16H21N3OS/c1-10(2)8-9-12(11(3)17)15(20)19-16-18-13-6-4-5-7-14(13)21-16/h4-7,10,12,17H,8-9H2,1-3H3,(H,18,19,20). The summed E-state index contributed by atoms with van der Waals surface area (Å²) in [4.78, 5) is 16.8. The molecule has 0 spiro atoms. The average Bonchev–Trinajstić information content (AvgIpc) is 2.79. The van der Waals surface area contributed by atoms with Crippen LogP contribution in [-0.4, -0.2) is 16.6 Å². The van der Waals surface area contributed by atoms with Gasteiger partial charge in [-0.2, -0.15) is 0 Å². The number of carbonyl (C=O) groups excluding carboxylic acids is 1. The first-order chi connectivity index (χ1) is 9.97. The smallest absolute Gasteiger partial charge is 0.234 e. The molecule has 2 rings (SSSR count). The molecule has 112 valence electrons. The van der Waals surface area contributed by atoms with Gasteiger partial charge in [0.05, 0.1) is 16.1 Å². The Kier molecular flexibility index (Phi) is 5.07. The van der Waals surface area contributed by atoms with Crippen LogP contribution >= 0.6 is 11.3 Å². The largest absolute Gasteiger partial charge is 0.309 e. The number of para-hydroxylation sites is 1. The molecule has 5 heteroatoms. The van der Waals surface area contributed by atoms with Gasteiger partial charge >= 0.3 is 0 Å². The van der Waals surface area contributed by atoms with Gasteiger partial charge in [-0.15, -0.1) is 0 Å². The topological polar surface area (TPSA) is 65.8 Å². The third-order valence-electron chi connectivity index (χ3n) is 3.40. The highest BCUT2D eigenvalue weighted by Gasteiger charge is 2.22. The van der Waals surface area contributed by atoms with Crippen LogP contribution in [0.4, 0.5) is 5.13 Å². The summed E-state index contributed by atoms with van der Waals surface area (Å²) in [5.74, 6) is 0.0451. The maximum atomic E-state index is 12.4. The Bertz CT molecular complexity index is 615. The minimum atomic E-state index is -0.362. The van der Waals surface area contributed by atoms with E-state index >= 15 is 0 Å². The molecule has 2 aromatic rings. The highest BCUT2D eigenvalue weighted by Crippen LogP contribution is 2.26. The van der Waals surface area contributed by atoms with Crippen LogP contribution in [0.15, 0.2) is 24.3 Å². The lowest BCUT2D eigenvalue weighted by molar-refractivity contribution is -0.118. The monoisotopic (exact) mass is 303 g/mol. The first-order valence-electron chi connectivity index (χ1n) is 7.19. The lowest BCUT2D eigenvalue weighted by atomic mass is 9.94. The van der Waals surface area contributed by atoms with Gasteiger partial charge in [0.1, 0.15) is 0 Å². The number of carbonyl (C=O) groups is 1. The van der Waals surface area contributed by atoms with Crippen molar-refractivity contribution in [2.75, 3.05) is 5.32 Å². The highest BCUT2D eigenvalue weighted by atomic mass is 32.1. The fraction of sp³-hybridized carbons (Fsp3) is 0.438. The van der Waals surface area contributed by atoms with Crippen LogP contribution in [0.25, 0.3) is 10.2 Å². The number of anilines is 1. The van der Waals surface area contributed by atoms with Gasteiger partial charge in [-0.25, -0.2) is 4.98 Å². The van der Waals surface area contributed by atoms with Crippen LogP contribution in [0, 0.1) is 17.2 Å². The van der Waals surface area contributed by atoms with E-state index in [0.29, 0.717) is 23.2 Å². The minimum Gasteiger partial charge on any atom is -0.309 e. The SMILES string of the molecule is CC(=N)C(CCC(C)C)C(=O)Nc1nc2ccccc2s1. The fourth-order valence-corrected chi connectivity index (χ4v) is 3.03. The highest BCUT2D eigenvalue weighted by molar-refractivity contribution is 7.22. The van der Waals surface area contributed by atoms with Gasteiger partial charge in [-0.3, -0.25) is 4.79 Å². The summed E-state index contributed by atoms with van der Waals surface area (Å²) >= 11 is 1.47. The van der Waals surface area contributed by atoms with Crippen molar-refractivity contribution >= 4 is 38.3 Å². The normalized spacial score (nSPS) is 12.6. The van der Waals surface area contributed by atoms with Crippen LogP contribution in [0.3, 0.4) is 0 Å². The molecule has 0 aliphatic heterocycles. The Labute approximate surface area is 129 Å². The number of amides is 1. The first kappa shape index (κ1) is 15.6. The van der Waals surface area contributed by atoms with Crippen molar-refractivity contribution < 1.29 is 4.79 Å². The van der Waals surface area contributed by atoms with Crippen molar-refractivity contribution in [3.05, 3.63) is 24.3 Å². The number of rotatable bonds is 6. The molecule has 1 unspecified atom stereocenters. The molecule has 1 aromatic heterocycles. The van der Waals surface area contributed by atoms with E-state index < -0.39 is 0 Å². The lowest BCUT2D eigenvalue weighted by Gasteiger charge is -2.15. The predicted octanol–water partition coefficient (Wildman–Crippen LogP) is 4.33. The zero-order valence-electron chi connectivity index (χ0n) is 12.6. The molecule has 0 saturated heterocycles. The van der Waals surface area contributed by atoms with Crippen molar-refractivity contribution in [2.45, 2.75) is 33.6 Å². The average molecular weight is 303 g/mol. The van der Waals surface area contributed by atoms with Gasteiger partial charge in [0.2, 0.25) is 5.91 Å². The molecule has 21 heavy (non-hydrogen) atoms. The second kappa shape index (κ2) is 6.80. The van der Waals surface area contributed by atoms with Crippen molar-refractivity contribution in [2.24, 2.45) is 11.8 Å². The Morgan fingerprint density at radius 3 is 2.67 bits per heavy atom. The van der Waals surface area contributed by atoms with Crippen LogP contribution in [0.1, 0.15) is 33.6 Å². The molecule has 1 atom stereocenters. The molecule has 0 fully saturated rings. The molecular weight excluding hydrogens is 282 g/mol. The van der Waals surface area contributed by atoms with Crippen molar-refractivity contribution in [1.82, 2.24) is 4.98 Å². The zero-order chi connectivity index (χ0) is 15.4. The zero-order valence-corrected chi connectivity index (χ0v) is 13.5. The van der Waals surface area contributed by atoms with E-state index in [1.165, 1.54) is 11.3 Å². The van der Waals surface area contributed by atoms with Crippen LogP contribution in [0.5, 0.6) is 0 Å². The molecular formula is C16H21N3OS. The minimum absolute atomic E-state index is 0.123. The van der Waals surface area contributed by atoms with E-state index in [-0.39, 0.29) is 11.8 Å². The number of benzene rings is 1. The third kappa shape index (κ3) is 4.11. The van der Waals surface area contributed by atoms with Crippen molar-refractivity contribution in [3.8, 4) is 0 Å². The maximum Gasteiger partial charge on any atom is 0.234 e. The summed E-state index contributed by atoms with van der Waals surface area (Å²) in [5.41, 5.74) is 1.30. The summed E-state index contributed by atoms with van der Waals surface area (Å²) in [6.45, 7) is 5.95. The molecule has 1 aromatic carbocycles. The molecule has 1 heterocycles. The lowest BCUT2D eigenvalue weighted by Crippen LogP contribution is -2.28. The Hall–Kier alpha value is -1.75.